The SMILES string of the molecule is CC(c1ccc(-c2ccc(C3C=Cc4ccc5cccnc5c4N3)cc2)cc1)C(C(=N)c1ccccc1)c1ccccc1. The molecule has 0 saturated carbocycles. The molecule has 2 heterocycles. The van der Waals surface area contributed by atoms with E-state index >= 15 is 0 Å². The lowest BCUT2D eigenvalue weighted by atomic mass is 9.77. The van der Waals surface area contributed by atoms with Crippen LogP contribution in [0, 0.1) is 5.41 Å². The molecule has 3 nitrogen and oxygen atoms in total. The van der Waals surface area contributed by atoms with Gasteiger partial charge in [-0.05, 0) is 50.9 Å². The van der Waals surface area contributed by atoms with Gasteiger partial charge in [0.2, 0.25) is 0 Å². The molecule has 6 aromatic rings. The highest BCUT2D eigenvalue weighted by atomic mass is 14.9. The summed E-state index contributed by atoms with van der Waals surface area (Å²) in [6, 6.07) is 46.7. The molecule has 3 unspecified atom stereocenters. The quantitative estimate of drug-likeness (QED) is 0.193. The Bertz CT molecular complexity index is 1910. The maximum absolute atomic E-state index is 9.15. The van der Waals surface area contributed by atoms with Crippen molar-refractivity contribution < 1.29 is 0 Å². The van der Waals surface area contributed by atoms with Gasteiger partial charge in [0.1, 0.15) is 0 Å². The Kier molecular flexibility index (Phi) is 7.14. The second-order valence-electron chi connectivity index (χ2n) is 11.3. The van der Waals surface area contributed by atoms with Gasteiger partial charge in [-0.15, -0.1) is 0 Å². The van der Waals surface area contributed by atoms with Gasteiger partial charge in [-0.25, -0.2) is 0 Å². The third-order valence-electron chi connectivity index (χ3n) is 8.67. The Morgan fingerprint density at radius 2 is 1.37 bits per heavy atom. The zero-order valence-electron chi connectivity index (χ0n) is 24.1. The van der Waals surface area contributed by atoms with Crippen molar-refractivity contribution >= 4 is 28.4 Å². The van der Waals surface area contributed by atoms with Gasteiger partial charge < -0.3 is 10.7 Å². The number of aromatic nitrogens is 1. The number of anilines is 1. The van der Waals surface area contributed by atoms with Crippen LogP contribution in [0.1, 0.15) is 52.6 Å². The number of hydrogen-bond donors (Lipinski definition) is 2. The van der Waals surface area contributed by atoms with Crippen LogP contribution in [0.2, 0.25) is 0 Å². The molecule has 1 aliphatic rings. The minimum absolute atomic E-state index is 0.0396. The molecule has 0 bridgehead atoms. The van der Waals surface area contributed by atoms with E-state index in [1.54, 1.807) is 0 Å². The van der Waals surface area contributed by atoms with E-state index < -0.39 is 0 Å². The molecule has 43 heavy (non-hydrogen) atoms. The van der Waals surface area contributed by atoms with Crippen LogP contribution in [0.4, 0.5) is 5.69 Å². The molecule has 0 aliphatic carbocycles. The Balaban J connectivity index is 1.11. The highest BCUT2D eigenvalue weighted by molar-refractivity contribution is 6.03. The van der Waals surface area contributed by atoms with Gasteiger partial charge in [-0.2, -0.15) is 0 Å². The van der Waals surface area contributed by atoms with Gasteiger partial charge in [0.15, 0.2) is 0 Å². The number of nitrogens with zero attached hydrogens (tertiary/aromatic N) is 1. The van der Waals surface area contributed by atoms with E-state index in [4.69, 9.17) is 5.41 Å². The van der Waals surface area contributed by atoms with E-state index in [9.17, 15) is 0 Å². The van der Waals surface area contributed by atoms with Crippen LogP contribution in [-0.2, 0) is 0 Å². The highest BCUT2D eigenvalue weighted by Gasteiger charge is 2.26. The van der Waals surface area contributed by atoms with Gasteiger partial charge in [0, 0.05) is 23.2 Å². The van der Waals surface area contributed by atoms with Crippen molar-refractivity contribution in [3.63, 3.8) is 0 Å². The second kappa shape index (κ2) is 11.5. The number of hydrogen-bond acceptors (Lipinski definition) is 3. The second-order valence-corrected chi connectivity index (χ2v) is 11.3. The zero-order valence-corrected chi connectivity index (χ0v) is 24.1. The number of pyridine rings is 1. The first-order valence-corrected chi connectivity index (χ1v) is 14.9. The fourth-order valence-electron chi connectivity index (χ4n) is 6.27. The molecule has 0 spiro atoms. The van der Waals surface area contributed by atoms with Crippen LogP contribution in [0.15, 0.2) is 146 Å². The van der Waals surface area contributed by atoms with E-state index in [0.717, 1.165) is 22.2 Å². The van der Waals surface area contributed by atoms with E-state index in [0.29, 0.717) is 5.71 Å². The molecule has 5 aromatic carbocycles. The number of fused-ring (bicyclic) bond motifs is 3. The summed E-state index contributed by atoms with van der Waals surface area (Å²) in [7, 11) is 0. The predicted octanol–water partition coefficient (Wildman–Crippen LogP) is 10.0. The Morgan fingerprint density at radius 3 is 2.09 bits per heavy atom. The molecular formula is C40H33N3. The minimum atomic E-state index is -0.0396. The van der Waals surface area contributed by atoms with Crippen molar-refractivity contribution in [2.75, 3.05) is 5.32 Å². The molecule has 3 atom stereocenters. The number of benzene rings is 5. The average molecular weight is 556 g/mol. The van der Waals surface area contributed by atoms with Gasteiger partial charge in [0.05, 0.1) is 17.2 Å². The third-order valence-corrected chi connectivity index (χ3v) is 8.67. The van der Waals surface area contributed by atoms with Crippen LogP contribution in [0.25, 0.3) is 28.1 Å². The summed E-state index contributed by atoms with van der Waals surface area (Å²) in [6.45, 7) is 2.24. The maximum atomic E-state index is 9.15. The molecular weight excluding hydrogens is 522 g/mol. The van der Waals surface area contributed by atoms with Crippen molar-refractivity contribution in [3.05, 3.63) is 174 Å². The van der Waals surface area contributed by atoms with Crippen LogP contribution < -0.4 is 5.32 Å². The van der Waals surface area contributed by atoms with Gasteiger partial charge in [0.25, 0.3) is 0 Å². The standard InChI is InChI=1S/C40H33N3/c1-27(37(32-9-4-2-5-10-32)38(41)33-11-6-3-7-12-33)28-14-16-29(17-15-28)30-18-20-31(21-19-30)36-25-24-35-23-22-34-13-8-26-42-39(34)40(35)43-36/h2-27,36-37,41,43H,1H3. The van der Waals surface area contributed by atoms with Gasteiger partial charge in [-0.3, -0.25) is 4.98 Å². The van der Waals surface area contributed by atoms with Crippen LogP contribution in [0.5, 0.6) is 0 Å². The first-order valence-electron chi connectivity index (χ1n) is 14.9. The van der Waals surface area contributed by atoms with Crippen LogP contribution in [-0.4, -0.2) is 10.7 Å². The van der Waals surface area contributed by atoms with Gasteiger partial charge >= 0.3 is 0 Å². The molecule has 3 heteroatoms. The predicted molar refractivity (Wildman–Crippen MR) is 180 cm³/mol. The molecule has 208 valence electrons. The van der Waals surface area contributed by atoms with Crippen molar-refractivity contribution in [1.82, 2.24) is 4.98 Å². The molecule has 0 fully saturated rings. The monoisotopic (exact) mass is 555 g/mol. The molecule has 0 radical (unpaired) electrons. The van der Waals surface area contributed by atoms with Crippen molar-refractivity contribution in [3.8, 4) is 11.1 Å². The van der Waals surface area contributed by atoms with Crippen molar-refractivity contribution in [2.24, 2.45) is 0 Å². The van der Waals surface area contributed by atoms with E-state index in [2.05, 4.69) is 120 Å². The lowest BCUT2D eigenvalue weighted by Gasteiger charge is -2.26. The van der Waals surface area contributed by atoms with Crippen LogP contribution >= 0.6 is 0 Å². The summed E-state index contributed by atoms with van der Waals surface area (Å²) in [5.74, 6) is 0.103. The third kappa shape index (κ3) is 5.26. The lowest BCUT2D eigenvalue weighted by Crippen LogP contribution is -2.19. The molecule has 7 rings (SSSR count). The summed E-state index contributed by atoms with van der Waals surface area (Å²) >= 11 is 0. The van der Waals surface area contributed by atoms with E-state index in [1.807, 2.05) is 48.7 Å². The topological polar surface area (TPSA) is 48.8 Å². The Morgan fingerprint density at radius 1 is 0.698 bits per heavy atom. The maximum Gasteiger partial charge on any atom is 0.0939 e. The lowest BCUT2D eigenvalue weighted by molar-refractivity contribution is 0.703. The van der Waals surface area contributed by atoms with Crippen molar-refractivity contribution in [2.45, 2.75) is 24.8 Å². The van der Waals surface area contributed by atoms with Crippen LogP contribution in [0.3, 0.4) is 0 Å². The molecule has 1 aliphatic heterocycles. The molecule has 0 saturated heterocycles. The van der Waals surface area contributed by atoms with E-state index in [-0.39, 0.29) is 17.9 Å². The molecule has 0 amide bonds. The zero-order chi connectivity index (χ0) is 29.2. The Hall–Kier alpha value is -5.28. The summed E-state index contributed by atoms with van der Waals surface area (Å²) in [5.41, 5.74) is 10.9. The number of rotatable bonds is 7. The summed E-state index contributed by atoms with van der Waals surface area (Å²) in [4.78, 5) is 4.64. The van der Waals surface area contributed by atoms with Gasteiger partial charge in [-0.1, -0.05) is 146 Å². The molecule has 1 aromatic heterocycles. The number of nitrogens with one attached hydrogen (secondary N) is 2. The Labute approximate surface area is 253 Å². The fourth-order valence-corrected chi connectivity index (χ4v) is 6.27. The summed E-state index contributed by atoms with van der Waals surface area (Å²) < 4.78 is 0. The fraction of sp³-hybridized carbons (Fsp3) is 0.100. The largest absolute Gasteiger partial charge is 0.372 e. The first kappa shape index (κ1) is 26.6. The van der Waals surface area contributed by atoms with E-state index in [1.165, 1.54) is 33.4 Å². The average Bonchev–Trinajstić information content (AvgIpc) is 3.09. The highest BCUT2D eigenvalue weighted by Crippen LogP contribution is 2.38. The first-order chi connectivity index (χ1) is 21.2. The minimum Gasteiger partial charge on any atom is -0.372 e. The molecule has 2 N–H and O–H groups in total. The van der Waals surface area contributed by atoms with Crippen molar-refractivity contribution in [1.29, 1.82) is 5.41 Å². The summed E-state index contributed by atoms with van der Waals surface area (Å²) in [6.07, 6.45) is 6.27. The summed E-state index contributed by atoms with van der Waals surface area (Å²) in [5, 5.41) is 14.0. The normalized spacial score (nSPS) is 15.3. The smallest absolute Gasteiger partial charge is 0.0939 e.